The lowest BCUT2D eigenvalue weighted by Crippen LogP contribution is -2.38. The van der Waals surface area contributed by atoms with Crippen LogP contribution in [0, 0.1) is 5.92 Å². The van der Waals surface area contributed by atoms with Crippen LogP contribution in [-0.4, -0.2) is 47.9 Å². The van der Waals surface area contributed by atoms with Crippen LogP contribution in [0.5, 0.6) is 0 Å². The molecule has 1 aliphatic carbocycles. The molecule has 8 heteroatoms. The number of anilines is 3. The Morgan fingerprint density at radius 1 is 1.21 bits per heavy atom. The Morgan fingerprint density at radius 2 is 2.06 bits per heavy atom. The van der Waals surface area contributed by atoms with Crippen LogP contribution >= 0.6 is 0 Å². The summed E-state index contributed by atoms with van der Waals surface area (Å²) in [4.78, 5) is 24.9. The Morgan fingerprint density at radius 3 is 2.82 bits per heavy atom. The Bertz CT molecular complexity index is 984. The molecule has 176 valence electrons. The normalized spacial score (nSPS) is 25.1. The molecule has 4 heterocycles. The van der Waals surface area contributed by atoms with Crippen LogP contribution in [0.2, 0.25) is 0 Å². The summed E-state index contributed by atoms with van der Waals surface area (Å²) in [5, 5.41) is 3.39. The maximum Gasteiger partial charge on any atom is 0.230 e. The molecule has 2 aliphatic heterocycles. The third-order valence-electron chi connectivity index (χ3n) is 6.57. The van der Waals surface area contributed by atoms with Crippen molar-refractivity contribution in [2.45, 2.75) is 64.4 Å². The predicted octanol–water partition coefficient (Wildman–Crippen LogP) is 4.14. The Hall–Kier alpha value is -2.55. The maximum atomic E-state index is 13.9. The number of ether oxygens (including phenoxy) is 3. The second-order valence-corrected chi connectivity index (χ2v) is 9.28. The van der Waals surface area contributed by atoms with Crippen LogP contribution in [0.15, 0.2) is 30.6 Å². The zero-order valence-corrected chi connectivity index (χ0v) is 19.3. The number of carbonyl (C=O) groups excluding carboxylic acids is 1. The van der Waals surface area contributed by atoms with Gasteiger partial charge >= 0.3 is 0 Å². The zero-order chi connectivity index (χ0) is 22.8. The molecule has 33 heavy (non-hydrogen) atoms. The van der Waals surface area contributed by atoms with Crippen LogP contribution in [-0.2, 0) is 25.5 Å². The number of rotatable bonds is 4. The molecule has 2 aromatic heterocycles. The van der Waals surface area contributed by atoms with Gasteiger partial charge < -0.3 is 24.4 Å². The van der Waals surface area contributed by atoms with Gasteiger partial charge in [-0.15, -0.1) is 0 Å². The molecule has 0 aromatic carbocycles. The third-order valence-corrected chi connectivity index (χ3v) is 6.57. The number of nitrogens with one attached hydrogen (secondary N) is 1. The molecule has 0 bridgehead atoms. The van der Waals surface area contributed by atoms with Gasteiger partial charge in [0.1, 0.15) is 11.9 Å². The molecular formula is C25H32N4O4. The van der Waals surface area contributed by atoms with E-state index in [9.17, 15) is 4.79 Å². The molecule has 1 saturated carbocycles. The first-order chi connectivity index (χ1) is 16.1. The van der Waals surface area contributed by atoms with Crippen molar-refractivity contribution in [3.63, 3.8) is 0 Å². The minimum absolute atomic E-state index is 0.0195. The summed E-state index contributed by atoms with van der Waals surface area (Å²) >= 11 is 0. The molecule has 1 saturated heterocycles. The summed E-state index contributed by atoms with van der Waals surface area (Å²) in [6, 6.07) is 5.89. The van der Waals surface area contributed by atoms with Gasteiger partial charge in [0, 0.05) is 17.7 Å². The monoisotopic (exact) mass is 452 g/mol. The summed E-state index contributed by atoms with van der Waals surface area (Å²) in [5.74, 6) is 0.888. The molecule has 2 aromatic rings. The Labute approximate surface area is 194 Å². The molecule has 0 radical (unpaired) electrons. The molecule has 1 atom stereocenters. The fourth-order valence-electron chi connectivity index (χ4n) is 4.92. The minimum Gasteiger partial charge on any atom is -0.376 e. The van der Waals surface area contributed by atoms with Gasteiger partial charge in [0.2, 0.25) is 5.91 Å². The molecule has 3 aliphatic rings. The highest BCUT2D eigenvalue weighted by molar-refractivity contribution is 5.99. The summed E-state index contributed by atoms with van der Waals surface area (Å²) in [5.41, 5.74) is 3.36. The minimum atomic E-state index is -0.228. The van der Waals surface area contributed by atoms with Gasteiger partial charge in [0.25, 0.3) is 0 Å². The van der Waals surface area contributed by atoms with E-state index in [0.717, 1.165) is 54.1 Å². The summed E-state index contributed by atoms with van der Waals surface area (Å²) in [6.07, 6.45) is 7.28. The number of pyridine rings is 2. The quantitative estimate of drug-likeness (QED) is 0.746. The van der Waals surface area contributed by atoms with Gasteiger partial charge in [0.15, 0.2) is 0 Å². The average Bonchev–Trinajstić information content (AvgIpc) is 3.00. The zero-order valence-electron chi connectivity index (χ0n) is 19.3. The van der Waals surface area contributed by atoms with Crippen molar-refractivity contribution in [2.24, 2.45) is 5.92 Å². The summed E-state index contributed by atoms with van der Waals surface area (Å²) in [6.45, 7) is 6.21. The first-order valence-corrected chi connectivity index (χ1v) is 12.0. The molecule has 1 N–H and O–H groups in total. The van der Waals surface area contributed by atoms with Crippen molar-refractivity contribution in [1.82, 2.24) is 9.97 Å². The topological polar surface area (TPSA) is 85.8 Å². The molecule has 1 amide bonds. The van der Waals surface area contributed by atoms with Crippen LogP contribution < -0.4 is 10.2 Å². The third kappa shape index (κ3) is 4.88. The van der Waals surface area contributed by atoms with Crippen LogP contribution in [0.1, 0.15) is 56.9 Å². The molecule has 1 unspecified atom stereocenters. The molecule has 0 spiro atoms. The predicted molar refractivity (Wildman–Crippen MR) is 124 cm³/mol. The van der Waals surface area contributed by atoms with Crippen molar-refractivity contribution in [3.8, 4) is 0 Å². The van der Waals surface area contributed by atoms with Gasteiger partial charge in [-0.05, 0) is 51.7 Å². The van der Waals surface area contributed by atoms with Crippen molar-refractivity contribution in [3.05, 3.63) is 41.9 Å². The van der Waals surface area contributed by atoms with E-state index < -0.39 is 0 Å². The standard InChI is InChI=1S/C25H32N4O4/c1-16(2)33-19-7-5-17(6-8-19)25(30)29-14-18-4-3-9-26-24(18)28-21-13-27-20(12-22(21)29)23-15-31-10-11-32-23/h3-4,9,12-13,16-17,19,23H,5-8,10-11,14-15H2,1-2H3,(H,26,28). The van der Waals surface area contributed by atoms with E-state index in [1.165, 1.54) is 0 Å². The Kier molecular flexibility index (Phi) is 6.57. The van der Waals surface area contributed by atoms with E-state index in [-0.39, 0.29) is 30.1 Å². The number of amides is 1. The van der Waals surface area contributed by atoms with Gasteiger partial charge in [-0.1, -0.05) is 6.07 Å². The number of aromatic nitrogens is 2. The molecule has 2 fully saturated rings. The summed E-state index contributed by atoms with van der Waals surface area (Å²) in [7, 11) is 0. The smallest absolute Gasteiger partial charge is 0.230 e. The SMILES string of the molecule is CC(C)OC1CCC(C(=O)N2Cc3cccnc3Nc3cnc(C4COCCO4)cc32)CC1. The average molecular weight is 453 g/mol. The lowest BCUT2D eigenvalue weighted by Gasteiger charge is -2.33. The van der Waals surface area contributed by atoms with Gasteiger partial charge in [-0.3, -0.25) is 9.78 Å². The highest BCUT2D eigenvalue weighted by Crippen LogP contribution is 2.39. The Balaban J connectivity index is 1.43. The molecule has 8 nitrogen and oxygen atoms in total. The number of carbonyl (C=O) groups is 1. The van der Waals surface area contributed by atoms with Crippen LogP contribution in [0.4, 0.5) is 17.2 Å². The van der Waals surface area contributed by atoms with Crippen LogP contribution in [0.25, 0.3) is 0 Å². The van der Waals surface area contributed by atoms with Crippen molar-refractivity contribution < 1.29 is 19.0 Å². The lowest BCUT2D eigenvalue weighted by atomic mass is 9.86. The van der Waals surface area contributed by atoms with Gasteiger partial charge in [-0.2, -0.15) is 0 Å². The van der Waals surface area contributed by atoms with E-state index in [1.54, 1.807) is 12.4 Å². The lowest BCUT2D eigenvalue weighted by molar-refractivity contribution is -0.124. The fourth-order valence-corrected chi connectivity index (χ4v) is 4.92. The second kappa shape index (κ2) is 9.75. The molecular weight excluding hydrogens is 420 g/mol. The fraction of sp³-hybridized carbons (Fsp3) is 0.560. The maximum absolute atomic E-state index is 13.9. The highest BCUT2D eigenvalue weighted by atomic mass is 16.6. The highest BCUT2D eigenvalue weighted by Gasteiger charge is 2.34. The van der Waals surface area contributed by atoms with E-state index in [1.807, 2.05) is 23.1 Å². The summed E-state index contributed by atoms with van der Waals surface area (Å²) < 4.78 is 17.4. The first-order valence-electron chi connectivity index (χ1n) is 12.0. The van der Waals surface area contributed by atoms with E-state index in [0.29, 0.717) is 26.4 Å². The first kappa shape index (κ1) is 22.3. The number of nitrogens with zero attached hydrogens (tertiary/aromatic N) is 3. The van der Waals surface area contributed by atoms with E-state index in [2.05, 4.69) is 29.1 Å². The number of hydrogen-bond donors (Lipinski definition) is 1. The van der Waals surface area contributed by atoms with E-state index >= 15 is 0 Å². The second-order valence-electron chi connectivity index (χ2n) is 9.28. The van der Waals surface area contributed by atoms with Crippen molar-refractivity contribution in [2.75, 3.05) is 30.0 Å². The number of hydrogen-bond acceptors (Lipinski definition) is 7. The van der Waals surface area contributed by atoms with Crippen LogP contribution in [0.3, 0.4) is 0 Å². The molecule has 5 rings (SSSR count). The largest absolute Gasteiger partial charge is 0.376 e. The van der Waals surface area contributed by atoms with Crippen molar-refractivity contribution >= 4 is 23.1 Å². The number of fused-ring (bicyclic) bond motifs is 2. The van der Waals surface area contributed by atoms with E-state index in [4.69, 9.17) is 14.2 Å². The van der Waals surface area contributed by atoms with Gasteiger partial charge in [0.05, 0.1) is 61.8 Å². The van der Waals surface area contributed by atoms with Crippen molar-refractivity contribution in [1.29, 1.82) is 0 Å². The van der Waals surface area contributed by atoms with Gasteiger partial charge in [-0.25, -0.2) is 4.98 Å².